The van der Waals surface area contributed by atoms with E-state index < -0.39 is 7.75 Å². The maximum Gasteiger partial charge on any atom is 0.456 e. The molecule has 0 aliphatic rings. The number of hydrogen-bond donors (Lipinski definition) is 3. The average molecular weight is 374 g/mol. The fourth-order valence-corrected chi connectivity index (χ4v) is 3.27. The van der Waals surface area contributed by atoms with Gasteiger partial charge in [0.15, 0.2) is 11.5 Å². The van der Waals surface area contributed by atoms with Gasteiger partial charge in [0.25, 0.3) is 0 Å². The lowest BCUT2D eigenvalue weighted by Crippen LogP contribution is -2.32. The van der Waals surface area contributed by atoms with Crippen molar-refractivity contribution in [3.8, 4) is 17.2 Å². The summed E-state index contributed by atoms with van der Waals surface area (Å²) in [7, 11) is -1.10. The van der Waals surface area contributed by atoms with Gasteiger partial charge in [-0.1, -0.05) is 19.8 Å². The third-order valence-corrected chi connectivity index (χ3v) is 4.79. The summed E-state index contributed by atoms with van der Waals surface area (Å²) in [5, 5.41) is 5.86. The molecule has 0 fully saturated rings. The summed E-state index contributed by atoms with van der Waals surface area (Å²) >= 11 is 0. The minimum Gasteiger partial charge on any atom is -0.493 e. The van der Waals surface area contributed by atoms with Crippen molar-refractivity contribution in [1.29, 1.82) is 0 Å². The van der Waals surface area contributed by atoms with Crippen LogP contribution in [0.3, 0.4) is 0 Å². The number of rotatable bonds is 12. The molecule has 0 amide bonds. The van der Waals surface area contributed by atoms with E-state index in [9.17, 15) is 9.46 Å². The number of nitrogens with one attached hydrogen (secondary N) is 2. The van der Waals surface area contributed by atoms with Crippen molar-refractivity contribution < 1.29 is 23.5 Å². The zero-order valence-electron chi connectivity index (χ0n) is 15.8. The molecule has 0 aliphatic heterocycles. The van der Waals surface area contributed by atoms with E-state index in [1.165, 1.54) is 14.2 Å². The molecular formula is C17H31N2O5P. The Morgan fingerprint density at radius 1 is 1.20 bits per heavy atom. The fourth-order valence-electron chi connectivity index (χ4n) is 2.39. The van der Waals surface area contributed by atoms with Crippen LogP contribution in [0.5, 0.6) is 17.2 Å². The van der Waals surface area contributed by atoms with Crippen molar-refractivity contribution in [2.45, 2.75) is 46.1 Å². The first-order valence-electron chi connectivity index (χ1n) is 8.56. The highest BCUT2D eigenvalue weighted by atomic mass is 31.2. The molecule has 0 spiro atoms. The molecule has 144 valence electrons. The van der Waals surface area contributed by atoms with Crippen LogP contribution >= 0.6 is 7.75 Å². The van der Waals surface area contributed by atoms with Gasteiger partial charge in [0, 0.05) is 19.1 Å². The summed E-state index contributed by atoms with van der Waals surface area (Å²) in [5.41, 5.74) is 0.895. The monoisotopic (exact) mass is 374 g/mol. The lowest BCUT2D eigenvalue weighted by molar-refractivity contribution is 0.325. The van der Waals surface area contributed by atoms with E-state index in [1.54, 1.807) is 12.1 Å². The molecule has 2 atom stereocenters. The number of ether oxygens (including phenoxy) is 2. The summed E-state index contributed by atoms with van der Waals surface area (Å²) < 4.78 is 28.1. The molecule has 0 aromatic heterocycles. The zero-order chi connectivity index (χ0) is 18.9. The van der Waals surface area contributed by atoms with Gasteiger partial charge >= 0.3 is 7.75 Å². The summed E-state index contributed by atoms with van der Waals surface area (Å²) in [5.74, 6) is 0.802. The Hall–Kier alpha value is -1.27. The molecule has 7 nitrogen and oxygen atoms in total. The van der Waals surface area contributed by atoms with Gasteiger partial charge in [0.05, 0.1) is 14.2 Å². The van der Waals surface area contributed by atoms with Crippen LogP contribution < -0.4 is 24.4 Å². The lowest BCUT2D eigenvalue weighted by Gasteiger charge is -2.19. The minimum atomic E-state index is -4.04. The Morgan fingerprint density at radius 2 is 1.80 bits per heavy atom. The first-order valence-corrected chi connectivity index (χ1v) is 10.1. The van der Waals surface area contributed by atoms with Crippen molar-refractivity contribution in [3.05, 3.63) is 17.7 Å². The topological polar surface area (TPSA) is 89.1 Å². The Kier molecular flexibility index (Phi) is 9.28. The SMILES string of the molecule is CCCCC(C)NCCNP(=O)(O)Oc1c(OC)cc(C)cc1OC. The number of benzene rings is 1. The Labute approximate surface area is 150 Å². The molecule has 0 radical (unpaired) electrons. The average Bonchev–Trinajstić information content (AvgIpc) is 2.57. The summed E-state index contributed by atoms with van der Waals surface area (Å²) in [6.45, 7) is 7.01. The largest absolute Gasteiger partial charge is 0.493 e. The molecule has 3 N–H and O–H groups in total. The predicted octanol–water partition coefficient (Wildman–Crippen LogP) is 3.25. The number of unbranched alkanes of at least 4 members (excludes halogenated alkanes) is 1. The van der Waals surface area contributed by atoms with Crippen molar-refractivity contribution in [2.24, 2.45) is 0 Å². The molecule has 8 heteroatoms. The lowest BCUT2D eigenvalue weighted by atomic mass is 10.1. The maximum atomic E-state index is 12.3. The number of aryl methyl sites for hydroxylation is 1. The van der Waals surface area contributed by atoms with Gasteiger partial charge < -0.3 is 24.2 Å². The minimum absolute atomic E-state index is 0.109. The van der Waals surface area contributed by atoms with Gasteiger partial charge in [-0.3, -0.25) is 0 Å². The summed E-state index contributed by atoms with van der Waals surface area (Å²) in [4.78, 5) is 10.1. The van der Waals surface area contributed by atoms with E-state index in [0.717, 1.165) is 24.8 Å². The Balaban J connectivity index is 2.62. The first kappa shape index (κ1) is 21.8. The molecule has 25 heavy (non-hydrogen) atoms. The van der Waals surface area contributed by atoms with E-state index in [-0.39, 0.29) is 5.75 Å². The second-order valence-corrected chi connectivity index (χ2v) is 7.56. The molecule has 2 unspecified atom stereocenters. The quantitative estimate of drug-likeness (QED) is 0.382. The van der Waals surface area contributed by atoms with Gasteiger partial charge in [0.2, 0.25) is 5.75 Å². The first-order chi connectivity index (χ1) is 11.8. The smallest absolute Gasteiger partial charge is 0.456 e. The van der Waals surface area contributed by atoms with Gasteiger partial charge in [-0.05, 0) is 38.0 Å². The fraction of sp³-hybridized carbons (Fsp3) is 0.647. The molecule has 0 saturated carbocycles. The summed E-state index contributed by atoms with van der Waals surface area (Å²) in [6.07, 6.45) is 3.40. The van der Waals surface area contributed by atoms with Crippen molar-refractivity contribution in [3.63, 3.8) is 0 Å². The van der Waals surface area contributed by atoms with Crippen molar-refractivity contribution in [1.82, 2.24) is 10.4 Å². The van der Waals surface area contributed by atoms with Crippen LogP contribution in [0, 0.1) is 6.92 Å². The van der Waals surface area contributed by atoms with Crippen molar-refractivity contribution in [2.75, 3.05) is 27.3 Å². The van der Waals surface area contributed by atoms with Gasteiger partial charge in [0.1, 0.15) is 0 Å². The van der Waals surface area contributed by atoms with Crippen LogP contribution in [0.15, 0.2) is 12.1 Å². The van der Waals surface area contributed by atoms with Crippen LogP contribution in [0.1, 0.15) is 38.7 Å². The van der Waals surface area contributed by atoms with Gasteiger partial charge in [-0.15, -0.1) is 0 Å². The highest BCUT2D eigenvalue weighted by Crippen LogP contribution is 2.47. The normalized spacial score (nSPS) is 14.6. The molecule has 1 aromatic carbocycles. The van der Waals surface area contributed by atoms with E-state index in [2.05, 4.69) is 24.3 Å². The number of hydrogen-bond acceptors (Lipinski definition) is 5. The van der Waals surface area contributed by atoms with Crippen molar-refractivity contribution >= 4 is 7.75 Å². The zero-order valence-corrected chi connectivity index (χ0v) is 16.7. The molecular weight excluding hydrogens is 343 g/mol. The maximum absolute atomic E-state index is 12.3. The molecule has 0 heterocycles. The van der Waals surface area contributed by atoms with Crippen LogP contribution in [0.25, 0.3) is 0 Å². The third-order valence-electron chi connectivity index (χ3n) is 3.74. The summed E-state index contributed by atoms with van der Waals surface area (Å²) in [6, 6.07) is 3.81. The van der Waals surface area contributed by atoms with E-state index in [0.29, 0.717) is 30.6 Å². The van der Waals surface area contributed by atoms with E-state index >= 15 is 0 Å². The third kappa shape index (κ3) is 7.65. The highest BCUT2D eigenvalue weighted by molar-refractivity contribution is 7.51. The second-order valence-electron chi connectivity index (χ2n) is 6.02. The van der Waals surface area contributed by atoms with Crippen LogP contribution in [0.4, 0.5) is 0 Å². The van der Waals surface area contributed by atoms with E-state index in [4.69, 9.17) is 14.0 Å². The second kappa shape index (κ2) is 10.7. The standard InChI is InChI=1S/C17H31N2O5P/c1-6-7-8-14(3)18-9-10-19-25(20,21)24-17-15(22-4)11-13(2)12-16(17)23-5/h11-12,14,18H,6-10H2,1-5H3,(H2,19,20,21). The molecule has 0 saturated heterocycles. The van der Waals surface area contributed by atoms with Gasteiger partial charge in [-0.25, -0.2) is 9.65 Å². The molecule has 1 aromatic rings. The predicted molar refractivity (Wildman–Crippen MR) is 99.7 cm³/mol. The number of methoxy groups -OCH3 is 2. The Bertz CT molecular complexity index is 557. The Morgan fingerprint density at radius 3 is 2.32 bits per heavy atom. The van der Waals surface area contributed by atoms with Crippen LogP contribution in [-0.2, 0) is 4.57 Å². The molecule has 0 aliphatic carbocycles. The molecule has 1 rings (SSSR count). The van der Waals surface area contributed by atoms with Crippen LogP contribution in [-0.4, -0.2) is 38.2 Å². The van der Waals surface area contributed by atoms with E-state index in [1.807, 2.05) is 6.92 Å². The molecule has 0 bridgehead atoms. The van der Waals surface area contributed by atoms with Gasteiger partial charge in [-0.2, -0.15) is 0 Å². The highest BCUT2D eigenvalue weighted by Gasteiger charge is 2.25. The van der Waals surface area contributed by atoms with Crippen LogP contribution in [0.2, 0.25) is 0 Å².